The van der Waals surface area contributed by atoms with Gasteiger partial charge in [-0.2, -0.15) is 4.98 Å². The third-order valence-corrected chi connectivity index (χ3v) is 3.54. The number of hydrogen-bond donors (Lipinski definition) is 0. The number of aromatic nitrogens is 4. The van der Waals surface area contributed by atoms with Gasteiger partial charge < -0.3 is 0 Å². The second kappa shape index (κ2) is 3.94. The van der Waals surface area contributed by atoms with Crippen LogP contribution in [0.3, 0.4) is 0 Å². The van der Waals surface area contributed by atoms with Gasteiger partial charge in [-0.05, 0) is 11.6 Å². The molecule has 2 heterocycles. The first-order chi connectivity index (χ1) is 9.65. The minimum Gasteiger partial charge on any atom is -0.287 e. The first kappa shape index (κ1) is 11.7. The van der Waals surface area contributed by atoms with E-state index >= 15 is 0 Å². The molecule has 0 atom stereocenters. The van der Waals surface area contributed by atoms with Crippen LogP contribution in [-0.4, -0.2) is 25.7 Å². The largest absolute Gasteiger partial charge is 0.287 e. The smallest absolute Gasteiger partial charge is 0.225 e. The average Bonchev–Trinajstić information content (AvgIpc) is 2.71. The van der Waals surface area contributed by atoms with Crippen LogP contribution in [0.25, 0.3) is 22.4 Å². The van der Waals surface area contributed by atoms with Gasteiger partial charge in [0.15, 0.2) is 10.8 Å². The fraction of sp³-hybridized carbons (Fsp3) is 0. The molecule has 0 unspecified atom stereocenters. The van der Waals surface area contributed by atoms with E-state index in [4.69, 9.17) is 23.2 Å². The number of ketones is 1. The van der Waals surface area contributed by atoms with E-state index in [-0.39, 0.29) is 33.1 Å². The van der Waals surface area contributed by atoms with E-state index in [0.29, 0.717) is 11.3 Å². The molecular weight excluding hydrogens is 299 g/mol. The quantitative estimate of drug-likeness (QED) is 0.369. The van der Waals surface area contributed by atoms with Gasteiger partial charge in [0.25, 0.3) is 0 Å². The summed E-state index contributed by atoms with van der Waals surface area (Å²) in [5, 5.41) is 0.0772. The van der Waals surface area contributed by atoms with Gasteiger partial charge in [-0.3, -0.25) is 4.79 Å². The lowest BCUT2D eigenvalue weighted by atomic mass is 10.1. The molecule has 2 aromatic heterocycles. The van der Waals surface area contributed by atoms with Crippen molar-refractivity contribution in [1.82, 2.24) is 19.9 Å². The van der Waals surface area contributed by atoms with Gasteiger partial charge in [0.2, 0.25) is 11.1 Å². The molecule has 0 amide bonds. The predicted molar refractivity (Wildman–Crippen MR) is 74.0 cm³/mol. The van der Waals surface area contributed by atoms with E-state index in [2.05, 4.69) is 19.9 Å². The molecule has 5 nitrogen and oxygen atoms in total. The standard InChI is InChI=1S/C13H4Cl2N4O/c14-11-9-12(19-13(15)18-11)17-7-5-3-1-2-4-6(5)10(20)8(7)16-9/h1-4H. The van der Waals surface area contributed by atoms with Crippen LogP contribution in [0.5, 0.6) is 0 Å². The van der Waals surface area contributed by atoms with E-state index in [0.717, 1.165) is 5.56 Å². The van der Waals surface area contributed by atoms with Crippen molar-refractivity contribution >= 4 is 40.1 Å². The molecule has 0 aliphatic heterocycles. The third-order valence-electron chi connectivity index (χ3n) is 3.10. The zero-order chi connectivity index (χ0) is 13.9. The SMILES string of the molecule is O=C1c2ccccc2-c2nc3nc(Cl)nc(Cl)c3nc21. The summed E-state index contributed by atoms with van der Waals surface area (Å²) in [6, 6.07) is 7.20. The van der Waals surface area contributed by atoms with Crippen LogP contribution in [0.15, 0.2) is 24.3 Å². The molecule has 0 spiro atoms. The normalized spacial score (nSPS) is 12.6. The van der Waals surface area contributed by atoms with Crippen LogP contribution >= 0.6 is 23.2 Å². The maximum absolute atomic E-state index is 12.3. The van der Waals surface area contributed by atoms with Gasteiger partial charge in [-0.1, -0.05) is 35.9 Å². The van der Waals surface area contributed by atoms with E-state index in [9.17, 15) is 4.79 Å². The second-order valence-electron chi connectivity index (χ2n) is 4.25. The van der Waals surface area contributed by atoms with Gasteiger partial charge >= 0.3 is 0 Å². The highest BCUT2D eigenvalue weighted by atomic mass is 35.5. The summed E-state index contributed by atoms with van der Waals surface area (Å²) in [5.41, 5.74) is 2.64. The van der Waals surface area contributed by atoms with E-state index in [1.165, 1.54) is 0 Å². The Kier molecular flexibility index (Phi) is 2.31. The lowest BCUT2D eigenvalue weighted by Crippen LogP contribution is -2.02. The predicted octanol–water partition coefficient (Wildman–Crippen LogP) is 2.94. The molecule has 96 valence electrons. The Morgan fingerprint density at radius 2 is 1.60 bits per heavy atom. The summed E-state index contributed by atoms with van der Waals surface area (Å²) in [6.07, 6.45) is 0. The molecule has 7 heteroatoms. The minimum atomic E-state index is -0.170. The van der Waals surface area contributed by atoms with E-state index in [1.807, 2.05) is 12.1 Å². The van der Waals surface area contributed by atoms with Crippen LogP contribution in [0.1, 0.15) is 16.1 Å². The number of carbonyl (C=O) groups is 1. The molecule has 1 aliphatic rings. The van der Waals surface area contributed by atoms with Crippen LogP contribution in [-0.2, 0) is 0 Å². The van der Waals surface area contributed by atoms with Crippen molar-refractivity contribution in [2.24, 2.45) is 0 Å². The monoisotopic (exact) mass is 302 g/mol. The first-order valence-corrected chi connectivity index (χ1v) is 6.45. The summed E-state index contributed by atoms with van der Waals surface area (Å²) < 4.78 is 0. The van der Waals surface area contributed by atoms with Crippen LogP contribution in [0, 0.1) is 0 Å². The Hall–Kier alpha value is -2.11. The zero-order valence-electron chi connectivity index (χ0n) is 9.76. The van der Waals surface area contributed by atoms with E-state index in [1.54, 1.807) is 12.1 Å². The maximum Gasteiger partial charge on any atom is 0.225 e. The summed E-state index contributed by atoms with van der Waals surface area (Å²) >= 11 is 11.7. The van der Waals surface area contributed by atoms with Gasteiger partial charge in [0.1, 0.15) is 16.9 Å². The molecule has 0 radical (unpaired) electrons. The van der Waals surface area contributed by atoms with Gasteiger partial charge in [-0.15, -0.1) is 0 Å². The summed E-state index contributed by atoms with van der Waals surface area (Å²) in [5.74, 6) is -0.170. The number of halogens is 2. The minimum absolute atomic E-state index is 0.00522. The van der Waals surface area contributed by atoms with Gasteiger partial charge in [0, 0.05) is 11.1 Å². The number of benzene rings is 1. The highest BCUT2D eigenvalue weighted by Crippen LogP contribution is 2.35. The molecule has 0 saturated heterocycles. The molecule has 1 aliphatic carbocycles. The number of fused-ring (bicyclic) bond motifs is 4. The topological polar surface area (TPSA) is 68.6 Å². The van der Waals surface area contributed by atoms with Crippen molar-refractivity contribution in [2.45, 2.75) is 0 Å². The molecule has 0 bridgehead atoms. The van der Waals surface area contributed by atoms with Crippen molar-refractivity contribution in [3.8, 4) is 11.3 Å². The van der Waals surface area contributed by atoms with Crippen molar-refractivity contribution in [3.05, 3.63) is 46.0 Å². The van der Waals surface area contributed by atoms with Gasteiger partial charge in [-0.25, -0.2) is 15.0 Å². The van der Waals surface area contributed by atoms with E-state index < -0.39 is 0 Å². The van der Waals surface area contributed by atoms with Crippen molar-refractivity contribution in [1.29, 1.82) is 0 Å². The number of nitrogens with zero attached hydrogens (tertiary/aromatic N) is 4. The summed E-state index contributed by atoms with van der Waals surface area (Å²) in [4.78, 5) is 28.7. The van der Waals surface area contributed by atoms with Crippen molar-refractivity contribution in [2.75, 3.05) is 0 Å². The Balaban J connectivity index is 2.13. The molecule has 20 heavy (non-hydrogen) atoms. The number of carbonyl (C=O) groups excluding carboxylic acids is 1. The highest BCUT2D eigenvalue weighted by Gasteiger charge is 2.30. The Morgan fingerprint density at radius 3 is 2.40 bits per heavy atom. The number of hydrogen-bond acceptors (Lipinski definition) is 5. The third kappa shape index (κ3) is 1.47. The number of rotatable bonds is 0. The van der Waals surface area contributed by atoms with Gasteiger partial charge in [0.05, 0.1) is 0 Å². The Labute approximate surface area is 122 Å². The maximum atomic E-state index is 12.3. The fourth-order valence-corrected chi connectivity index (χ4v) is 2.67. The Morgan fingerprint density at radius 1 is 0.850 bits per heavy atom. The Bertz CT molecular complexity index is 910. The summed E-state index contributed by atoms with van der Waals surface area (Å²) in [6.45, 7) is 0. The van der Waals surface area contributed by atoms with Crippen LogP contribution in [0.2, 0.25) is 10.4 Å². The average molecular weight is 303 g/mol. The zero-order valence-corrected chi connectivity index (χ0v) is 11.3. The molecule has 4 rings (SSSR count). The molecule has 0 fully saturated rings. The molecule has 3 aromatic rings. The van der Waals surface area contributed by atoms with Crippen molar-refractivity contribution < 1.29 is 4.79 Å². The lowest BCUT2D eigenvalue weighted by molar-refractivity contribution is 0.103. The van der Waals surface area contributed by atoms with Crippen LogP contribution < -0.4 is 0 Å². The highest BCUT2D eigenvalue weighted by molar-refractivity contribution is 6.35. The first-order valence-electron chi connectivity index (χ1n) is 5.70. The molecule has 0 saturated carbocycles. The fourth-order valence-electron chi connectivity index (χ4n) is 2.25. The molecule has 0 N–H and O–H groups in total. The molecular formula is C13H4Cl2N4O. The summed E-state index contributed by atoms with van der Waals surface area (Å²) in [7, 11) is 0. The van der Waals surface area contributed by atoms with Crippen LogP contribution in [0.4, 0.5) is 0 Å². The molecule has 1 aromatic carbocycles. The second-order valence-corrected chi connectivity index (χ2v) is 4.95. The van der Waals surface area contributed by atoms with Crippen molar-refractivity contribution in [3.63, 3.8) is 0 Å². The lowest BCUT2D eigenvalue weighted by Gasteiger charge is -2.02.